The molecular formula is C18H22ClF3N2O2. The summed E-state index contributed by atoms with van der Waals surface area (Å²) in [7, 11) is 0. The second-order valence-electron chi connectivity index (χ2n) is 6.93. The lowest BCUT2D eigenvalue weighted by molar-refractivity contribution is -0.137. The number of benzene rings is 1. The number of nitrogens with zero attached hydrogens (tertiary/aromatic N) is 1. The maximum absolute atomic E-state index is 12.8. The molecule has 0 bridgehead atoms. The number of likely N-dealkylation sites (tertiary alicyclic amines) is 1. The predicted octanol–water partition coefficient (Wildman–Crippen LogP) is 4.58. The van der Waals surface area contributed by atoms with Crippen LogP contribution < -0.4 is 5.32 Å². The van der Waals surface area contributed by atoms with E-state index in [9.17, 15) is 22.8 Å². The number of anilines is 1. The fraction of sp³-hybridized carbons (Fsp3) is 0.556. The van der Waals surface area contributed by atoms with Gasteiger partial charge in [-0.05, 0) is 37.0 Å². The number of hydrogen-bond acceptors (Lipinski definition) is 2. The summed E-state index contributed by atoms with van der Waals surface area (Å²) >= 11 is 5.91. The van der Waals surface area contributed by atoms with Crippen LogP contribution in [0.4, 0.5) is 18.9 Å². The van der Waals surface area contributed by atoms with Crippen molar-refractivity contribution >= 4 is 29.1 Å². The number of carbonyl (C=O) groups excluding carboxylic acids is 2. The van der Waals surface area contributed by atoms with Crippen molar-refractivity contribution in [2.75, 3.05) is 18.4 Å². The lowest BCUT2D eigenvalue weighted by Gasteiger charge is -2.32. The van der Waals surface area contributed by atoms with Gasteiger partial charge >= 0.3 is 6.18 Å². The zero-order chi connectivity index (χ0) is 19.5. The van der Waals surface area contributed by atoms with Crippen molar-refractivity contribution in [1.29, 1.82) is 0 Å². The number of rotatable bonds is 4. The van der Waals surface area contributed by atoms with Crippen molar-refractivity contribution in [3.63, 3.8) is 0 Å². The van der Waals surface area contributed by atoms with Crippen molar-refractivity contribution in [2.45, 2.75) is 39.3 Å². The number of piperidine rings is 1. The van der Waals surface area contributed by atoms with Crippen LogP contribution in [0.5, 0.6) is 0 Å². The molecule has 1 aromatic carbocycles. The molecule has 1 aliphatic rings. The average molecular weight is 391 g/mol. The van der Waals surface area contributed by atoms with Gasteiger partial charge < -0.3 is 10.2 Å². The summed E-state index contributed by atoms with van der Waals surface area (Å²) < 4.78 is 38.4. The Bertz CT molecular complexity index is 669. The summed E-state index contributed by atoms with van der Waals surface area (Å²) in [4.78, 5) is 26.2. The highest BCUT2D eigenvalue weighted by Crippen LogP contribution is 2.34. The molecule has 1 aromatic rings. The molecular weight excluding hydrogens is 369 g/mol. The quantitative estimate of drug-likeness (QED) is 0.817. The van der Waals surface area contributed by atoms with E-state index in [1.807, 2.05) is 13.8 Å². The first-order chi connectivity index (χ1) is 12.1. The third-order valence-corrected chi connectivity index (χ3v) is 4.68. The Morgan fingerprint density at radius 3 is 2.42 bits per heavy atom. The minimum absolute atomic E-state index is 0.0511. The Kier molecular flexibility index (Phi) is 6.55. The SMILES string of the molecule is CC(C)CC(=O)N1CCC(C(=O)Nc2cc(C(F)(F)F)ccc2Cl)CC1. The molecule has 4 nitrogen and oxygen atoms in total. The van der Waals surface area contributed by atoms with E-state index in [2.05, 4.69) is 5.32 Å². The maximum atomic E-state index is 12.8. The van der Waals surface area contributed by atoms with E-state index in [0.717, 1.165) is 18.2 Å². The summed E-state index contributed by atoms with van der Waals surface area (Å²) in [6, 6.07) is 2.82. The Morgan fingerprint density at radius 2 is 1.88 bits per heavy atom. The van der Waals surface area contributed by atoms with Crippen molar-refractivity contribution in [2.24, 2.45) is 11.8 Å². The van der Waals surface area contributed by atoms with Crippen LogP contribution in [-0.2, 0) is 15.8 Å². The fourth-order valence-corrected chi connectivity index (χ4v) is 3.07. The molecule has 0 unspecified atom stereocenters. The van der Waals surface area contributed by atoms with E-state index in [4.69, 9.17) is 11.6 Å². The summed E-state index contributed by atoms with van der Waals surface area (Å²) in [5.41, 5.74) is -0.920. The Morgan fingerprint density at radius 1 is 1.27 bits per heavy atom. The molecule has 1 heterocycles. The third kappa shape index (κ3) is 5.37. The summed E-state index contributed by atoms with van der Waals surface area (Å²) in [6.07, 6.45) is -3.08. The molecule has 0 saturated carbocycles. The highest BCUT2D eigenvalue weighted by atomic mass is 35.5. The first-order valence-electron chi connectivity index (χ1n) is 8.53. The van der Waals surface area contributed by atoms with Gasteiger partial charge in [-0.1, -0.05) is 25.4 Å². The normalized spacial score (nSPS) is 16.0. The monoisotopic (exact) mass is 390 g/mol. The van der Waals surface area contributed by atoms with Crippen molar-refractivity contribution in [3.8, 4) is 0 Å². The largest absolute Gasteiger partial charge is 0.416 e. The molecule has 0 aromatic heterocycles. The van der Waals surface area contributed by atoms with Gasteiger partial charge in [0.25, 0.3) is 0 Å². The van der Waals surface area contributed by atoms with Crippen LogP contribution in [0.25, 0.3) is 0 Å². The number of nitrogens with one attached hydrogen (secondary N) is 1. The van der Waals surface area contributed by atoms with Gasteiger partial charge in [-0.25, -0.2) is 0 Å². The van der Waals surface area contributed by atoms with E-state index in [1.54, 1.807) is 4.90 Å². The zero-order valence-corrected chi connectivity index (χ0v) is 15.5. The van der Waals surface area contributed by atoms with Gasteiger partial charge in [0.2, 0.25) is 11.8 Å². The van der Waals surface area contributed by atoms with Gasteiger partial charge in [0.15, 0.2) is 0 Å². The van der Waals surface area contributed by atoms with Gasteiger partial charge in [0.1, 0.15) is 0 Å². The van der Waals surface area contributed by atoms with Crippen LogP contribution in [0.2, 0.25) is 5.02 Å². The second-order valence-corrected chi connectivity index (χ2v) is 7.34. The van der Waals surface area contributed by atoms with Crippen molar-refractivity contribution in [1.82, 2.24) is 4.90 Å². The molecule has 2 amide bonds. The first kappa shape index (κ1) is 20.6. The van der Waals surface area contributed by atoms with E-state index >= 15 is 0 Å². The van der Waals surface area contributed by atoms with Crippen LogP contribution in [0.15, 0.2) is 18.2 Å². The minimum Gasteiger partial charge on any atom is -0.343 e. The predicted molar refractivity (Wildman–Crippen MR) is 93.8 cm³/mol. The smallest absolute Gasteiger partial charge is 0.343 e. The highest BCUT2D eigenvalue weighted by molar-refractivity contribution is 6.33. The molecule has 1 N–H and O–H groups in total. The molecule has 26 heavy (non-hydrogen) atoms. The topological polar surface area (TPSA) is 49.4 Å². The minimum atomic E-state index is -4.51. The molecule has 8 heteroatoms. The van der Waals surface area contributed by atoms with Crippen LogP contribution in [0.1, 0.15) is 38.7 Å². The number of amides is 2. The maximum Gasteiger partial charge on any atom is 0.416 e. The number of alkyl halides is 3. The average Bonchev–Trinajstić information content (AvgIpc) is 2.55. The third-order valence-electron chi connectivity index (χ3n) is 4.35. The summed E-state index contributed by atoms with van der Waals surface area (Å²) in [6.45, 7) is 4.88. The van der Waals surface area contributed by atoms with Crippen LogP contribution in [0, 0.1) is 11.8 Å². The van der Waals surface area contributed by atoms with E-state index < -0.39 is 11.7 Å². The first-order valence-corrected chi connectivity index (χ1v) is 8.91. The molecule has 0 atom stereocenters. The molecule has 1 fully saturated rings. The van der Waals surface area contributed by atoms with Gasteiger partial charge in [-0.2, -0.15) is 13.2 Å². The molecule has 1 saturated heterocycles. The standard InChI is InChI=1S/C18H22ClF3N2O2/c1-11(2)9-16(25)24-7-5-12(6-8-24)17(26)23-15-10-13(18(20,21)22)3-4-14(15)19/h3-4,10-12H,5-9H2,1-2H3,(H,23,26). The Balaban J connectivity index is 1.96. The van der Waals surface area contributed by atoms with Crippen LogP contribution in [0.3, 0.4) is 0 Å². The lowest BCUT2D eigenvalue weighted by atomic mass is 9.95. The fourth-order valence-electron chi connectivity index (χ4n) is 2.90. The number of hydrogen-bond donors (Lipinski definition) is 1. The van der Waals surface area contributed by atoms with Crippen molar-refractivity contribution < 1.29 is 22.8 Å². The van der Waals surface area contributed by atoms with Crippen LogP contribution >= 0.6 is 11.6 Å². The van der Waals surface area contributed by atoms with Crippen LogP contribution in [-0.4, -0.2) is 29.8 Å². The van der Waals surface area contributed by atoms with E-state index in [1.165, 1.54) is 0 Å². The zero-order valence-electron chi connectivity index (χ0n) is 14.7. The molecule has 0 radical (unpaired) electrons. The van der Waals surface area contributed by atoms with Crippen molar-refractivity contribution in [3.05, 3.63) is 28.8 Å². The van der Waals surface area contributed by atoms with Gasteiger partial charge in [-0.15, -0.1) is 0 Å². The van der Waals surface area contributed by atoms with E-state index in [0.29, 0.717) is 32.4 Å². The van der Waals surface area contributed by atoms with E-state index in [-0.39, 0.29) is 34.4 Å². The number of carbonyl (C=O) groups is 2. The van der Waals surface area contributed by atoms with Gasteiger partial charge in [-0.3, -0.25) is 9.59 Å². The summed E-state index contributed by atoms with van der Waals surface area (Å²) in [5.74, 6) is -0.391. The Hall–Kier alpha value is -1.76. The molecule has 0 aliphatic carbocycles. The molecule has 0 spiro atoms. The lowest BCUT2D eigenvalue weighted by Crippen LogP contribution is -2.41. The molecule has 2 rings (SSSR count). The molecule has 1 aliphatic heterocycles. The second kappa shape index (κ2) is 8.29. The summed E-state index contributed by atoms with van der Waals surface area (Å²) in [5, 5.41) is 2.55. The Labute approximate surface area is 155 Å². The van der Waals surface area contributed by atoms with Gasteiger partial charge in [0, 0.05) is 25.4 Å². The molecule has 144 valence electrons. The highest BCUT2D eigenvalue weighted by Gasteiger charge is 2.32. The number of halogens is 4. The van der Waals surface area contributed by atoms with Gasteiger partial charge in [0.05, 0.1) is 16.3 Å².